The van der Waals surface area contributed by atoms with Crippen molar-refractivity contribution in [1.29, 1.82) is 0 Å². The zero-order valence-electron chi connectivity index (χ0n) is 13.3. The topological polar surface area (TPSA) is 68.7 Å². The van der Waals surface area contributed by atoms with E-state index >= 15 is 0 Å². The van der Waals surface area contributed by atoms with Gasteiger partial charge in [0, 0.05) is 6.61 Å². The maximum Gasteiger partial charge on any atom is 0.223 e. The third-order valence-electron chi connectivity index (χ3n) is 5.18. The van der Waals surface area contributed by atoms with Gasteiger partial charge in [-0.1, -0.05) is 0 Å². The normalized spacial score (nSPS) is 27.3. The van der Waals surface area contributed by atoms with E-state index in [1.165, 1.54) is 5.56 Å². The Balaban J connectivity index is 1.46. The molecule has 2 aliphatic rings. The smallest absolute Gasteiger partial charge is 0.223 e. The lowest BCUT2D eigenvalue weighted by Gasteiger charge is -2.33. The first-order valence-electron chi connectivity index (χ1n) is 8.29. The van der Waals surface area contributed by atoms with Crippen molar-refractivity contribution in [3.8, 4) is 0 Å². The van der Waals surface area contributed by atoms with Crippen LogP contribution < -0.4 is 5.73 Å². The number of primary amides is 1. The van der Waals surface area contributed by atoms with E-state index in [9.17, 15) is 4.79 Å². The molecule has 0 spiro atoms. The molecule has 0 aromatic carbocycles. The number of carbonyl (C=O) groups is 1. The molecule has 3 rings (SSSR count). The molecule has 0 unspecified atom stereocenters. The minimum Gasteiger partial charge on any atom is -0.468 e. The maximum absolute atomic E-state index is 11.4. The number of hydrogen-bond donors (Lipinski definition) is 1. The average molecular weight is 306 g/mol. The zero-order valence-corrected chi connectivity index (χ0v) is 13.3. The van der Waals surface area contributed by atoms with Crippen LogP contribution >= 0.6 is 0 Å². The molecule has 3 heterocycles. The number of nitrogens with two attached hydrogens (primary N) is 1. The lowest BCUT2D eigenvalue weighted by molar-refractivity contribution is -0.123. The Morgan fingerprint density at radius 3 is 2.77 bits per heavy atom. The van der Waals surface area contributed by atoms with Crippen LogP contribution in [0.2, 0.25) is 0 Å². The number of hydrogen-bond acceptors (Lipinski definition) is 4. The van der Waals surface area contributed by atoms with E-state index in [1.54, 1.807) is 6.26 Å². The van der Waals surface area contributed by atoms with Gasteiger partial charge < -0.3 is 14.9 Å². The van der Waals surface area contributed by atoms with Crippen molar-refractivity contribution in [2.24, 2.45) is 17.6 Å². The van der Waals surface area contributed by atoms with Crippen LogP contribution in [-0.2, 0) is 16.1 Å². The summed E-state index contributed by atoms with van der Waals surface area (Å²) in [7, 11) is 0. The number of piperidine rings is 1. The van der Waals surface area contributed by atoms with Crippen LogP contribution in [0.4, 0.5) is 0 Å². The molecule has 2 aliphatic heterocycles. The number of amides is 1. The molecule has 0 saturated carbocycles. The molecule has 0 aliphatic carbocycles. The van der Waals surface area contributed by atoms with Gasteiger partial charge in [-0.3, -0.25) is 9.69 Å². The van der Waals surface area contributed by atoms with E-state index in [4.69, 9.17) is 14.9 Å². The van der Waals surface area contributed by atoms with Crippen molar-refractivity contribution < 1.29 is 13.9 Å². The van der Waals surface area contributed by atoms with Crippen LogP contribution in [0.25, 0.3) is 0 Å². The van der Waals surface area contributed by atoms with Gasteiger partial charge in [0.25, 0.3) is 0 Å². The second kappa shape index (κ2) is 6.84. The fraction of sp³-hybridized carbons (Fsp3) is 0.706. The molecule has 5 heteroatoms. The Bertz CT molecular complexity index is 506. The fourth-order valence-corrected chi connectivity index (χ4v) is 3.68. The van der Waals surface area contributed by atoms with Gasteiger partial charge in [-0.15, -0.1) is 0 Å². The molecule has 0 radical (unpaired) electrons. The molecule has 5 nitrogen and oxygen atoms in total. The lowest BCUT2D eigenvalue weighted by atomic mass is 9.86. The fourth-order valence-electron chi connectivity index (χ4n) is 3.68. The molecule has 2 N–H and O–H groups in total. The summed E-state index contributed by atoms with van der Waals surface area (Å²) in [6, 6.07) is 2.02. The molecular weight excluding hydrogens is 280 g/mol. The summed E-state index contributed by atoms with van der Waals surface area (Å²) >= 11 is 0. The number of carbonyl (C=O) groups excluding carboxylic acids is 1. The first kappa shape index (κ1) is 15.6. The van der Waals surface area contributed by atoms with Crippen LogP contribution in [-0.4, -0.2) is 36.6 Å². The third-order valence-corrected chi connectivity index (χ3v) is 5.18. The highest BCUT2D eigenvalue weighted by molar-refractivity contribution is 5.77. The summed E-state index contributed by atoms with van der Waals surface area (Å²) in [5, 5.41) is 0. The summed E-state index contributed by atoms with van der Waals surface area (Å²) in [5.41, 5.74) is 6.70. The number of nitrogens with zero attached hydrogens (tertiary/aromatic N) is 1. The van der Waals surface area contributed by atoms with Gasteiger partial charge in [-0.2, -0.15) is 0 Å². The van der Waals surface area contributed by atoms with Crippen LogP contribution in [0.15, 0.2) is 16.7 Å². The van der Waals surface area contributed by atoms with E-state index in [1.807, 2.05) is 6.07 Å². The average Bonchev–Trinajstić information content (AvgIpc) is 3.11. The van der Waals surface area contributed by atoms with Crippen LogP contribution in [0.3, 0.4) is 0 Å². The van der Waals surface area contributed by atoms with E-state index in [0.29, 0.717) is 12.5 Å². The highest BCUT2D eigenvalue weighted by Crippen LogP contribution is 2.31. The Labute approximate surface area is 131 Å². The number of aryl methyl sites for hydroxylation is 1. The van der Waals surface area contributed by atoms with Crippen molar-refractivity contribution >= 4 is 5.91 Å². The highest BCUT2D eigenvalue weighted by Gasteiger charge is 2.35. The molecule has 0 bridgehead atoms. The van der Waals surface area contributed by atoms with Gasteiger partial charge in [-0.05, 0) is 63.2 Å². The Kier molecular flexibility index (Phi) is 4.84. The molecular formula is C17H26N2O3. The molecule has 22 heavy (non-hydrogen) atoms. The van der Waals surface area contributed by atoms with Crippen LogP contribution in [0.5, 0.6) is 0 Å². The quantitative estimate of drug-likeness (QED) is 0.904. The molecule has 2 atom stereocenters. The summed E-state index contributed by atoms with van der Waals surface area (Å²) in [6.07, 6.45) is 5.88. The first-order chi connectivity index (χ1) is 10.6. The second-order valence-electron chi connectivity index (χ2n) is 6.69. The molecule has 1 amide bonds. The molecule has 122 valence electrons. The van der Waals surface area contributed by atoms with Gasteiger partial charge in [-0.25, -0.2) is 0 Å². The van der Waals surface area contributed by atoms with E-state index in [0.717, 1.165) is 51.1 Å². The Morgan fingerprint density at radius 2 is 2.14 bits per heavy atom. The van der Waals surface area contributed by atoms with Gasteiger partial charge in [0.1, 0.15) is 5.76 Å². The number of likely N-dealkylation sites (tertiary alicyclic amines) is 1. The first-order valence-corrected chi connectivity index (χ1v) is 8.29. The largest absolute Gasteiger partial charge is 0.468 e. The van der Waals surface area contributed by atoms with Gasteiger partial charge >= 0.3 is 0 Å². The summed E-state index contributed by atoms with van der Waals surface area (Å²) in [4.78, 5) is 13.9. The Hall–Kier alpha value is -1.33. The predicted molar refractivity (Wildman–Crippen MR) is 83.1 cm³/mol. The standard InChI is InChI=1S/C17H26N2O3/c1-12-4-8-22-16(12)11-19-6-2-13(3-7-19)10-15-14(17(18)20)5-9-21-15/h4,8,13-15H,2-3,5-7,9-11H2,1H3,(H2,18,20)/t14-,15-/m1/s1. The van der Waals surface area contributed by atoms with Gasteiger partial charge in [0.15, 0.2) is 0 Å². The molecule has 2 saturated heterocycles. The maximum atomic E-state index is 11.4. The predicted octanol–water partition coefficient (Wildman–Crippen LogP) is 2.08. The summed E-state index contributed by atoms with van der Waals surface area (Å²) in [6.45, 7) is 5.83. The van der Waals surface area contributed by atoms with E-state index in [2.05, 4.69) is 11.8 Å². The van der Waals surface area contributed by atoms with Crippen LogP contribution in [0, 0.1) is 18.8 Å². The minimum atomic E-state index is -0.201. The SMILES string of the molecule is Cc1ccoc1CN1CCC(C[C@H]2OCC[C@H]2C(N)=O)CC1. The molecule has 1 aromatic heterocycles. The lowest BCUT2D eigenvalue weighted by Crippen LogP contribution is -2.36. The molecule has 1 aromatic rings. The summed E-state index contributed by atoms with van der Waals surface area (Å²) < 4.78 is 11.3. The third kappa shape index (κ3) is 3.52. The van der Waals surface area contributed by atoms with E-state index < -0.39 is 0 Å². The van der Waals surface area contributed by atoms with Crippen molar-refractivity contribution in [2.45, 2.75) is 45.3 Å². The van der Waals surface area contributed by atoms with Gasteiger partial charge in [0.05, 0.1) is 24.8 Å². The number of ether oxygens (including phenoxy) is 1. The van der Waals surface area contributed by atoms with E-state index in [-0.39, 0.29) is 17.9 Å². The van der Waals surface area contributed by atoms with Crippen molar-refractivity contribution in [3.05, 3.63) is 23.7 Å². The monoisotopic (exact) mass is 306 g/mol. The highest BCUT2D eigenvalue weighted by atomic mass is 16.5. The zero-order chi connectivity index (χ0) is 15.5. The van der Waals surface area contributed by atoms with Crippen molar-refractivity contribution in [3.63, 3.8) is 0 Å². The second-order valence-corrected chi connectivity index (χ2v) is 6.69. The van der Waals surface area contributed by atoms with Gasteiger partial charge in [0.2, 0.25) is 5.91 Å². The van der Waals surface area contributed by atoms with Crippen molar-refractivity contribution in [2.75, 3.05) is 19.7 Å². The van der Waals surface area contributed by atoms with Crippen LogP contribution in [0.1, 0.15) is 37.0 Å². The Morgan fingerprint density at radius 1 is 1.36 bits per heavy atom. The number of rotatable bonds is 5. The minimum absolute atomic E-state index is 0.0429. The number of furan rings is 1. The summed E-state index contributed by atoms with van der Waals surface area (Å²) in [5.74, 6) is 1.43. The molecule has 2 fully saturated rings. The van der Waals surface area contributed by atoms with Crippen molar-refractivity contribution in [1.82, 2.24) is 4.90 Å².